The van der Waals surface area contributed by atoms with Gasteiger partial charge in [0.1, 0.15) is 5.84 Å². The van der Waals surface area contributed by atoms with Gasteiger partial charge in [0.2, 0.25) is 0 Å². The highest BCUT2D eigenvalue weighted by Crippen LogP contribution is 1.86. The molecule has 0 spiro atoms. The van der Waals surface area contributed by atoms with Crippen molar-refractivity contribution < 1.29 is 15.1 Å². The lowest BCUT2D eigenvalue weighted by atomic mass is 10.3. The molecule has 0 aromatic rings. The molecule has 0 fully saturated rings. The summed E-state index contributed by atoms with van der Waals surface area (Å²) in [4.78, 5) is 9.83. The number of hydrogen-bond acceptors (Lipinski definition) is 3. The zero-order chi connectivity index (χ0) is 7.28. The second-order valence-electron chi connectivity index (χ2n) is 1.49. The molecule has 0 bridgehead atoms. The Hall–Kier alpha value is -1.26. The minimum Gasteiger partial charge on any atom is -0.481 e. The molecule has 5 nitrogen and oxygen atoms in total. The second kappa shape index (κ2) is 3.71. The lowest BCUT2D eigenvalue weighted by Gasteiger charge is -1.91. The predicted octanol–water partition coefficient (Wildman–Crippen LogP) is -0.402. The molecule has 0 saturated carbocycles. The van der Waals surface area contributed by atoms with Crippen molar-refractivity contribution in [2.24, 2.45) is 10.9 Å². The molecule has 0 amide bonds. The third-order valence-corrected chi connectivity index (χ3v) is 0.723. The summed E-state index contributed by atoms with van der Waals surface area (Å²) in [5.41, 5.74) is 4.96. The van der Waals surface area contributed by atoms with Crippen molar-refractivity contribution in [3.05, 3.63) is 0 Å². The van der Waals surface area contributed by atoms with E-state index in [4.69, 9.17) is 16.0 Å². The summed E-state index contributed by atoms with van der Waals surface area (Å²) in [5, 5.41) is 18.6. The molecule has 0 radical (unpaired) electrons. The lowest BCUT2D eigenvalue weighted by molar-refractivity contribution is -0.136. The Morgan fingerprint density at radius 3 is 2.44 bits per heavy atom. The number of carbonyl (C=O) groups is 1. The predicted molar refractivity (Wildman–Crippen MR) is 30.3 cm³/mol. The fraction of sp³-hybridized carbons (Fsp3) is 0.500. The van der Waals surface area contributed by atoms with E-state index < -0.39 is 5.97 Å². The number of carboxylic acid groups (broad SMARTS) is 1. The van der Waals surface area contributed by atoms with Gasteiger partial charge in [-0.25, -0.2) is 0 Å². The third-order valence-electron chi connectivity index (χ3n) is 0.723. The van der Waals surface area contributed by atoms with Crippen molar-refractivity contribution in [3.63, 3.8) is 0 Å². The van der Waals surface area contributed by atoms with E-state index >= 15 is 0 Å². The Morgan fingerprint density at radius 2 is 2.11 bits per heavy atom. The normalized spacial score (nSPS) is 11.3. The van der Waals surface area contributed by atoms with Crippen molar-refractivity contribution in [1.82, 2.24) is 0 Å². The third kappa shape index (κ3) is 4.60. The van der Waals surface area contributed by atoms with Crippen molar-refractivity contribution >= 4 is 11.8 Å². The van der Waals surface area contributed by atoms with Crippen LogP contribution in [0.25, 0.3) is 0 Å². The van der Waals surface area contributed by atoms with Crippen LogP contribution in [-0.4, -0.2) is 22.1 Å². The van der Waals surface area contributed by atoms with Crippen molar-refractivity contribution in [3.8, 4) is 0 Å². The van der Waals surface area contributed by atoms with E-state index in [9.17, 15) is 4.79 Å². The molecule has 0 atom stereocenters. The molecular formula is C4H8N2O3. The average Bonchev–Trinajstić information content (AvgIpc) is 1.83. The van der Waals surface area contributed by atoms with Gasteiger partial charge in [-0.2, -0.15) is 0 Å². The van der Waals surface area contributed by atoms with Crippen molar-refractivity contribution in [1.29, 1.82) is 0 Å². The van der Waals surface area contributed by atoms with Gasteiger partial charge in [-0.1, -0.05) is 5.16 Å². The highest BCUT2D eigenvalue weighted by atomic mass is 16.4. The van der Waals surface area contributed by atoms with Crippen LogP contribution in [0.15, 0.2) is 5.16 Å². The summed E-state index contributed by atoms with van der Waals surface area (Å²) in [6.45, 7) is 0. The average molecular weight is 132 g/mol. The van der Waals surface area contributed by atoms with E-state index in [2.05, 4.69) is 5.16 Å². The molecule has 0 aliphatic carbocycles. The number of hydrogen-bond donors (Lipinski definition) is 3. The Balaban J connectivity index is 3.39. The maximum atomic E-state index is 9.83. The molecule has 9 heavy (non-hydrogen) atoms. The second-order valence-corrected chi connectivity index (χ2v) is 1.49. The van der Waals surface area contributed by atoms with Crippen LogP contribution in [0.4, 0.5) is 0 Å². The van der Waals surface area contributed by atoms with E-state index in [-0.39, 0.29) is 18.7 Å². The van der Waals surface area contributed by atoms with Gasteiger partial charge in [0.25, 0.3) is 0 Å². The highest BCUT2D eigenvalue weighted by molar-refractivity contribution is 5.83. The highest BCUT2D eigenvalue weighted by Gasteiger charge is 1.98. The van der Waals surface area contributed by atoms with Crippen LogP contribution in [0, 0.1) is 0 Å². The molecule has 0 aliphatic heterocycles. The Bertz CT molecular complexity index is 132. The summed E-state index contributed by atoms with van der Waals surface area (Å²) in [7, 11) is 0. The molecule has 52 valence electrons. The van der Waals surface area contributed by atoms with E-state index in [1.807, 2.05) is 0 Å². The van der Waals surface area contributed by atoms with Crippen LogP contribution in [0.5, 0.6) is 0 Å². The van der Waals surface area contributed by atoms with Crippen LogP contribution in [-0.2, 0) is 4.79 Å². The van der Waals surface area contributed by atoms with Crippen LogP contribution < -0.4 is 5.73 Å². The fourth-order valence-corrected chi connectivity index (χ4v) is 0.285. The quantitative estimate of drug-likeness (QED) is 0.210. The van der Waals surface area contributed by atoms with Crippen LogP contribution in [0.1, 0.15) is 12.8 Å². The molecule has 0 aromatic heterocycles. The maximum Gasteiger partial charge on any atom is 0.303 e. The molecule has 0 aliphatic rings. The zero-order valence-corrected chi connectivity index (χ0v) is 4.74. The maximum absolute atomic E-state index is 9.83. The van der Waals surface area contributed by atoms with E-state index in [0.29, 0.717) is 0 Å². The molecule has 0 unspecified atom stereocenters. The molecule has 0 aromatic carbocycles. The van der Waals surface area contributed by atoms with E-state index in [0.717, 1.165) is 0 Å². The number of nitrogens with two attached hydrogens (primary N) is 1. The first-order chi connectivity index (χ1) is 4.16. The monoisotopic (exact) mass is 132 g/mol. The Morgan fingerprint density at radius 1 is 1.56 bits per heavy atom. The Kier molecular flexibility index (Phi) is 3.19. The first-order valence-electron chi connectivity index (χ1n) is 2.35. The summed E-state index contributed by atoms with van der Waals surface area (Å²) < 4.78 is 0. The smallest absolute Gasteiger partial charge is 0.303 e. The molecule has 4 N–H and O–H groups in total. The van der Waals surface area contributed by atoms with Gasteiger partial charge in [0.05, 0.1) is 6.42 Å². The first-order valence-corrected chi connectivity index (χ1v) is 2.35. The van der Waals surface area contributed by atoms with Gasteiger partial charge < -0.3 is 16.0 Å². The van der Waals surface area contributed by atoms with Crippen molar-refractivity contribution in [2.75, 3.05) is 0 Å². The number of nitrogens with zero attached hydrogens (tertiary/aromatic N) is 1. The van der Waals surface area contributed by atoms with Gasteiger partial charge >= 0.3 is 5.97 Å². The van der Waals surface area contributed by atoms with Crippen molar-refractivity contribution in [2.45, 2.75) is 12.8 Å². The molecule has 0 rings (SSSR count). The van der Waals surface area contributed by atoms with Gasteiger partial charge in [0.15, 0.2) is 0 Å². The van der Waals surface area contributed by atoms with Gasteiger partial charge in [-0.05, 0) is 0 Å². The summed E-state index contributed by atoms with van der Waals surface area (Å²) in [6, 6.07) is 0. The zero-order valence-electron chi connectivity index (χ0n) is 4.74. The Labute approximate surface area is 51.8 Å². The minimum absolute atomic E-state index is 0.0580. The van der Waals surface area contributed by atoms with Crippen LogP contribution >= 0.6 is 0 Å². The molecule has 0 saturated heterocycles. The minimum atomic E-state index is -0.957. The largest absolute Gasteiger partial charge is 0.481 e. The van der Waals surface area contributed by atoms with Gasteiger partial charge in [-0.3, -0.25) is 4.79 Å². The SMILES string of the molecule is N/C(CCC(=O)O)=N\O. The number of oxime groups is 1. The van der Waals surface area contributed by atoms with E-state index in [1.165, 1.54) is 0 Å². The molecular weight excluding hydrogens is 124 g/mol. The number of aliphatic carboxylic acids is 1. The van der Waals surface area contributed by atoms with Gasteiger partial charge in [-0.15, -0.1) is 0 Å². The summed E-state index contributed by atoms with van der Waals surface area (Å²) in [5.74, 6) is -1.01. The first kappa shape index (κ1) is 7.74. The summed E-state index contributed by atoms with van der Waals surface area (Å²) in [6.07, 6.45) is -0.0122. The summed E-state index contributed by atoms with van der Waals surface area (Å²) >= 11 is 0. The number of rotatable bonds is 3. The van der Waals surface area contributed by atoms with Gasteiger partial charge in [0, 0.05) is 6.42 Å². The standard InChI is InChI=1S/C4H8N2O3/c5-3(6-9)1-2-4(7)8/h9H,1-2H2,(H2,5,6)(H,7,8). The number of amidine groups is 1. The topological polar surface area (TPSA) is 95.9 Å². The molecule has 5 heteroatoms. The molecule has 0 heterocycles. The fourth-order valence-electron chi connectivity index (χ4n) is 0.285. The van der Waals surface area contributed by atoms with Crippen LogP contribution in [0.2, 0.25) is 0 Å². The van der Waals surface area contributed by atoms with E-state index in [1.54, 1.807) is 0 Å². The number of carboxylic acids is 1. The van der Waals surface area contributed by atoms with Crippen LogP contribution in [0.3, 0.4) is 0 Å². The lowest BCUT2D eigenvalue weighted by Crippen LogP contribution is -2.13.